The van der Waals surface area contributed by atoms with Crippen LogP contribution in [0.4, 0.5) is 0 Å². The smallest absolute Gasteiger partial charge is 0.211 e. The van der Waals surface area contributed by atoms with Crippen molar-refractivity contribution in [2.75, 3.05) is 12.3 Å². The molecule has 0 amide bonds. The van der Waals surface area contributed by atoms with Gasteiger partial charge in [0.25, 0.3) is 0 Å². The van der Waals surface area contributed by atoms with Gasteiger partial charge < -0.3 is 10.4 Å². The van der Waals surface area contributed by atoms with Crippen LogP contribution in [0.25, 0.3) is 0 Å². The van der Waals surface area contributed by atoms with Crippen LogP contribution in [-0.2, 0) is 0 Å². The summed E-state index contributed by atoms with van der Waals surface area (Å²) >= 11 is 1.37. The Bertz CT molecular complexity index is 577. The van der Waals surface area contributed by atoms with Crippen LogP contribution in [0, 0.1) is 0 Å². The predicted molar refractivity (Wildman–Crippen MR) is 64.3 cm³/mol. The number of fused-ring (bicyclic) bond motifs is 1. The summed E-state index contributed by atoms with van der Waals surface area (Å²) in [5.74, 6) is 0.155. The number of hydrogen-bond acceptors (Lipinski definition) is 5. The van der Waals surface area contributed by atoms with Gasteiger partial charge in [-0.25, -0.2) is 0 Å². The molecule has 0 saturated heterocycles. The number of carbonyl (C=O) groups is 2. The predicted octanol–water partition coefficient (Wildman–Crippen LogP) is 1.32. The summed E-state index contributed by atoms with van der Waals surface area (Å²) in [6.45, 7) is 0.677. The van der Waals surface area contributed by atoms with Crippen molar-refractivity contribution in [2.24, 2.45) is 0 Å². The topological polar surface area (TPSA) is 66.4 Å². The van der Waals surface area contributed by atoms with Gasteiger partial charge in [-0.2, -0.15) is 0 Å². The van der Waals surface area contributed by atoms with Crippen LogP contribution >= 0.6 is 11.8 Å². The molecule has 2 aliphatic rings. The molecule has 0 saturated carbocycles. The zero-order valence-electron chi connectivity index (χ0n) is 8.82. The Morgan fingerprint density at radius 3 is 2.88 bits per heavy atom. The van der Waals surface area contributed by atoms with Gasteiger partial charge in [0.05, 0.1) is 10.5 Å². The molecule has 0 fully saturated rings. The standard InChI is InChI=1S/C12H9NO3S/c14-7-3-1-2-6-8(7)11(16)12-9(10(6)15)13-4-5-17-12/h1-3,13-14H,4-5H2. The Morgan fingerprint density at radius 2 is 2.06 bits per heavy atom. The fourth-order valence-electron chi connectivity index (χ4n) is 2.06. The van der Waals surface area contributed by atoms with Crippen LogP contribution in [0.15, 0.2) is 28.8 Å². The SMILES string of the molecule is O=C1C2=C(SCCN2)C(=O)c2c(O)cccc21. The van der Waals surface area contributed by atoms with Crippen LogP contribution < -0.4 is 5.32 Å². The van der Waals surface area contributed by atoms with Gasteiger partial charge in [0.1, 0.15) is 11.4 Å². The number of benzene rings is 1. The van der Waals surface area contributed by atoms with Crippen molar-refractivity contribution >= 4 is 23.3 Å². The van der Waals surface area contributed by atoms with E-state index in [1.54, 1.807) is 12.1 Å². The molecule has 4 nitrogen and oxygen atoms in total. The average Bonchev–Trinajstić information content (AvgIpc) is 2.36. The first-order valence-corrected chi connectivity index (χ1v) is 6.21. The van der Waals surface area contributed by atoms with E-state index in [1.165, 1.54) is 17.8 Å². The van der Waals surface area contributed by atoms with E-state index in [0.717, 1.165) is 5.75 Å². The Morgan fingerprint density at radius 1 is 1.24 bits per heavy atom. The molecule has 0 atom stereocenters. The summed E-state index contributed by atoms with van der Waals surface area (Å²) in [7, 11) is 0. The quantitative estimate of drug-likeness (QED) is 0.723. The van der Waals surface area contributed by atoms with Crippen molar-refractivity contribution in [1.29, 1.82) is 0 Å². The molecule has 1 aliphatic heterocycles. The fraction of sp³-hybridized carbons (Fsp3) is 0.167. The minimum Gasteiger partial charge on any atom is -0.507 e. The lowest BCUT2D eigenvalue weighted by atomic mass is 9.91. The van der Waals surface area contributed by atoms with E-state index in [9.17, 15) is 14.7 Å². The van der Waals surface area contributed by atoms with Gasteiger partial charge in [-0.1, -0.05) is 6.07 Å². The number of hydrogen-bond donors (Lipinski definition) is 2. The van der Waals surface area contributed by atoms with Crippen molar-refractivity contribution in [3.8, 4) is 5.75 Å². The van der Waals surface area contributed by atoms with Gasteiger partial charge in [0.15, 0.2) is 0 Å². The molecule has 1 aromatic carbocycles. The third-order valence-corrected chi connectivity index (χ3v) is 3.91. The van der Waals surface area contributed by atoms with E-state index in [4.69, 9.17) is 0 Å². The number of phenolic OH excluding ortho intramolecular Hbond substituents is 1. The highest BCUT2D eigenvalue weighted by Crippen LogP contribution is 2.36. The van der Waals surface area contributed by atoms with Crippen LogP contribution in [-0.4, -0.2) is 29.0 Å². The lowest BCUT2D eigenvalue weighted by Gasteiger charge is -2.25. The Labute approximate surface area is 102 Å². The maximum atomic E-state index is 12.2. The molecule has 0 spiro atoms. The molecular formula is C12H9NO3S. The second kappa shape index (κ2) is 3.63. The molecule has 2 N–H and O–H groups in total. The molecule has 1 aromatic rings. The number of ketones is 2. The van der Waals surface area contributed by atoms with Gasteiger partial charge in [0.2, 0.25) is 11.6 Å². The monoisotopic (exact) mass is 247 g/mol. The summed E-state index contributed by atoms with van der Waals surface area (Å²) < 4.78 is 0. The van der Waals surface area contributed by atoms with Gasteiger partial charge in [-0.3, -0.25) is 9.59 Å². The van der Waals surface area contributed by atoms with E-state index in [-0.39, 0.29) is 28.4 Å². The summed E-state index contributed by atoms with van der Waals surface area (Å²) in [6, 6.07) is 4.57. The Kier molecular flexibility index (Phi) is 2.22. The number of Topliss-reactive ketones (excluding diaryl/α,β-unsaturated/α-hetero) is 2. The van der Waals surface area contributed by atoms with Crippen LogP contribution in [0.3, 0.4) is 0 Å². The molecular weight excluding hydrogens is 238 g/mol. The normalized spacial score (nSPS) is 18.6. The second-order valence-corrected chi connectivity index (χ2v) is 4.94. The highest BCUT2D eigenvalue weighted by Gasteiger charge is 2.35. The number of nitrogens with one attached hydrogen (secondary N) is 1. The Hall–Kier alpha value is -1.75. The van der Waals surface area contributed by atoms with Gasteiger partial charge >= 0.3 is 0 Å². The highest BCUT2D eigenvalue weighted by molar-refractivity contribution is 8.04. The lowest BCUT2D eigenvalue weighted by Crippen LogP contribution is -2.34. The van der Waals surface area contributed by atoms with Gasteiger partial charge in [0, 0.05) is 17.9 Å². The summed E-state index contributed by atoms with van der Waals surface area (Å²) in [5.41, 5.74) is 0.792. The van der Waals surface area contributed by atoms with Crippen LogP contribution in [0.2, 0.25) is 0 Å². The molecule has 3 rings (SSSR count). The molecule has 0 radical (unpaired) electrons. The largest absolute Gasteiger partial charge is 0.507 e. The van der Waals surface area contributed by atoms with E-state index in [1.807, 2.05) is 0 Å². The minimum atomic E-state index is -0.259. The van der Waals surface area contributed by atoms with Crippen LogP contribution in [0.1, 0.15) is 20.7 Å². The number of aromatic hydroxyl groups is 1. The number of allylic oxidation sites excluding steroid dienone is 2. The maximum absolute atomic E-state index is 12.2. The summed E-state index contributed by atoms with van der Waals surface area (Å²) in [6.07, 6.45) is 0. The average molecular weight is 247 g/mol. The zero-order valence-corrected chi connectivity index (χ0v) is 9.63. The van der Waals surface area contributed by atoms with E-state index in [2.05, 4.69) is 5.32 Å². The van der Waals surface area contributed by atoms with E-state index in [0.29, 0.717) is 17.1 Å². The molecule has 0 unspecified atom stereocenters. The minimum absolute atomic E-state index is 0.126. The number of phenols is 1. The highest BCUT2D eigenvalue weighted by atomic mass is 32.2. The van der Waals surface area contributed by atoms with Crippen molar-refractivity contribution in [2.45, 2.75) is 0 Å². The molecule has 86 valence electrons. The van der Waals surface area contributed by atoms with Crippen molar-refractivity contribution in [3.63, 3.8) is 0 Å². The van der Waals surface area contributed by atoms with Gasteiger partial charge in [-0.15, -0.1) is 11.8 Å². The van der Waals surface area contributed by atoms with Gasteiger partial charge in [-0.05, 0) is 12.1 Å². The Balaban J connectivity index is 2.26. The van der Waals surface area contributed by atoms with Crippen molar-refractivity contribution < 1.29 is 14.7 Å². The molecule has 0 bridgehead atoms. The molecule has 17 heavy (non-hydrogen) atoms. The maximum Gasteiger partial charge on any atom is 0.211 e. The molecule has 1 aliphatic carbocycles. The summed E-state index contributed by atoms with van der Waals surface area (Å²) in [5, 5.41) is 12.7. The first-order chi connectivity index (χ1) is 8.20. The first-order valence-electron chi connectivity index (χ1n) is 5.22. The third-order valence-electron chi connectivity index (χ3n) is 2.82. The van der Waals surface area contributed by atoms with Crippen LogP contribution in [0.5, 0.6) is 5.75 Å². The molecule has 5 heteroatoms. The van der Waals surface area contributed by atoms with Crippen molar-refractivity contribution in [1.82, 2.24) is 5.32 Å². The van der Waals surface area contributed by atoms with Crippen molar-refractivity contribution in [3.05, 3.63) is 39.9 Å². The molecule has 1 heterocycles. The number of carbonyl (C=O) groups excluding carboxylic acids is 2. The summed E-state index contributed by atoms with van der Waals surface area (Å²) in [4.78, 5) is 24.8. The lowest BCUT2D eigenvalue weighted by molar-refractivity contribution is 0.0972. The number of rotatable bonds is 0. The fourth-order valence-corrected chi connectivity index (χ4v) is 3.01. The van der Waals surface area contributed by atoms with E-state index >= 15 is 0 Å². The second-order valence-electron chi connectivity index (χ2n) is 3.84. The molecule has 0 aromatic heterocycles. The van der Waals surface area contributed by atoms with E-state index < -0.39 is 0 Å². The zero-order chi connectivity index (χ0) is 12.0. The number of thioether (sulfide) groups is 1. The first kappa shape index (κ1) is 10.4. The third kappa shape index (κ3) is 1.39.